The standard InChI is InChI=1S/C17H27N5O2/c1-11(2)9-22-13-14(19(4)17(24)20(5)15(13)23)18-16(22)21-8-6-7-12(3)10-21/h11-12H,6-10H2,1-5H3/t12-/m0/s1. The molecule has 1 fully saturated rings. The molecule has 0 aliphatic carbocycles. The smallest absolute Gasteiger partial charge is 0.332 e. The van der Waals surface area contributed by atoms with Crippen LogP contribution in [0.15, 0.2) is 9.59 Å². The van der Waals surface area contributed by atoms with Gasteiger partial charge in [0, 0.05) is 33.7 Å². The average molecular weight is 333 g/mol. The second-order valence-corrected chi connectivity index (χ2v) is 7.49. The number of rotatable bonds is 3. The highest BCUT2D eigenvalue weighted by Crippen LogP contribution is 2.25. The van der Waals surface area contributed by atoms with Gasteiger partial charge in [0.2, 0.25) is 5.95 Å². The van der Waals surface area contributed by atoms with Gasteiger partial charge in [0.05, 0.1) is 0 Å². The lowest BCUT2D eigenvalue weighted by Crippen LogP contribution is -2.38. The molecule has 1 saturated heterocycles. The van der Waals surface area contributed by atoms with Crippen molar-refractivity contribution in [1.82, 2.24) is 18.7 Å². The molecule has 0 spiro atoms. The third kappa shape index (κ3) is 2.65. The van der Waals surface area contributed by atoms with Crippen LogP contribution in [-0.4, -0.2) is 31.8 Å². The molecule has 3 rings (SSSR count). The van der Waals surface area contributed by atoms with Crippen molar-refractivity contribution in [3.63, 3.8) is 0 Å². The van der Waals surface area contributed by atoms with Gasteiger partial charge in [-0.05, 0) is 24.7 Å². The van der Waals surface area contributed by atoms with E-state index < -0.39 is 0 Å². The van der Waals surface area contributed by atoms with Crippen molar-refractivity contribution < 1.29 is 0 Å². The number of hydrogen-bond acceptors (Lipinski definition) is 4. The van der Waals surface area contributed by atoms with Gasteiger partial charge in [-0.3, -0.25) is 13.9 Å². The molecule has 3 heterocycles. The minimum atomic E-state index is -0.333. The molecule has 0 unspecified atom stereocenters. The van der Waals surface area contributed by atoms with Crippen molar-refractivity contribution >= 4 is 17.1 Å². The minimum Gasteiger partial charge on any atom is -0.342 e. The molecular formula is C17H27N5O2. The number of piperidine rings is 1. The summed E-state index contributed by atoms with van der Waals surface area (Å²) in [7, 11) is 3.21. The average Bonchev–Trinajstić information content (AvgIpc) is 2.89. The molecule has 24 heavy (non-hydrogen) atoms. The van der Waals surface area contributed by atoms with Gasteiger partial charge in [0.25, 0.3) is 5.56 Å². The van der Waals surface area contributed by atoms with Gasteiger partial charge in [0.15, 0.2) is 11.2 Å². The zero-order valence-corrected chi connectivity index (χ0v) is 15.2. The van der Waals surface area contributed by atoms with E-state index in [1.165, 1.54) is 22.6 Å². The van der Waals surface area contributed by atoms with E-state index in [0.717, 1.165) is 25.5 Å². The predicted octanol–water partition coefficient (Wildman–Crippen LogP) is 1.33. The maximum absolute atomic E-state index is 12.7. The van der Waals surface area contributed by atoms with Crippen LogP contribution < -0.4 is 16.1 Å². The molecule has 0 radical (unpaired) electrons. The third-order valence-corrected chi connectivity index (χ3v) is 4.82. The van der Waals surface area contributed by atoms with Crippen LogP contribution in [0.25, 0.3) is 11.2 Å². The summed E-state index contributed by atoms with van der Waals surface area (Å²) in [6.07, 6.45) is 2.35. The second kappa shape index (κ2) is 6.11. The fourth-order valence-corrected chi connectivity index (χ4v) is 3.59. The summed E-state index contributed by atoms with van der Waals surface area (Å²) in [4.78, 5) is 32.0. The van der Waals surface area contributed by atoms with Gasteiger partial charge < -0.3 is 9.47 Å². The Labute approximate surface area is 141 Å². The van der Waals surface area contributed by atoms with Gasteiger partial charge >= 0.3 is 5.69 Å². The highest BCUT2D eigenvalue weighted by molar-refractivity contribution is 5.74. The molecule has 0 N–H and O–H groups in total. The quantitative estimate of drug-likeness (QED) is 0.850. The van der Waals surface area contributed by atoms with E-state index in [-0.39, 0.29) is 11.2 Å². The Morgan fingerprint density at radius 2 is 1.92 bits per heavy atom. The van der Waals surface area contributed by atoms with E-state index >= 15 is 0 Å². The van der Waals surface area contributed by atoms with Crippen molar-refractivity contribution in [3.8, 4) is 0 Å². The molecule has 132 valence electrons. The summed E-state index contributed by atoms with van der Waals surface area (Å²) in [5.74, 6) is 1.81. The normalized spacial score (nSPS) is 18.8. The van der Waals surface area contributed by atoms with Crippen LogP contribution in [0.2, 0.25) is 0 Å². The van der Waals surface area contributed by atoms with Gasteiger partial charge in [-0.25, -0.2) is 4.79 Å². The predicted molar refractivity (Wildman–Crippen MR) is 95.7 cm³/mol. The van der Waals surface area contributed by atoms with Gasteiger partial charge in [0.1, 0.15) is 0 Å². The lowest BCUT2D eigenvalue weighted by atomic mass is 10.0. The zero-order chi connectivity index (χ0) is 17.6. The Morgan fingerprint density at radius 3 is 2.54 bits per heavy atom. The lowest BCUT2D eigenvalue weighted by molar-refractivity contribution is 0.433. The van der Waals surface area contributed by atoms with Gasteiger partial charge in [-0.1, -0.05) is 20.8 Å². The molecule has 2 aromatic rings. The Balaban J connectivity index is 2.29. The maximum atomic E-state index is 12.7. The first-order chi connectivity index (χ1) is 11.3. The number of aromatic nitrogens is 4. The fraction of sp³-hybridized carbons (Fsp3) is 0.706. The molecular weight excluding hydrogens is 306 g/mol. The first-order valence-corrected chi connectivity index (χ1v) is 8.72. The zero-order valence-electron chi connectivity index (χ0n) is 15.2. The minimum absolute atomic E-state index is 0.266. The molecule has 1 aliphatic rings. The molecule has 7 nitrogen and oxygen atoms in total. The van der Waals surface area contributed by atoms with Crippen LogP contribution in [0, 0.1) is 11.8 Å². The second-order valence-electron chi connectivity index (χ2n) is 7.49. The summed E-state index contributed by atoms with van der Waals surface area (Å²) >= 11 is 0. The number of imidazole rings is 1. The molecule has 0 bridgehead atoms. The molecule has 7 heteroatoms. The summed E-state index contributed by atoms with van der Waals surface area (Å²) in [5.41, 5.74) is 0.413. The Kier molecular flexibility index (Phi) is 4.27. The van der Waals surface area contributed by atoms with Crippen LogP contribution in [0.1, 0.15) is 33.6 Å². The van der Waals surface area contributed by atoms with E-state index in [1.54, 1.807) is 7.05 Å². The molecule has 2 aromatic heterocycles. The molecule has 0 aromatic carbocycles. The van der Waals surface area contributed by atoms with E-state index in [4.69, 9.17) is 4.98 Å². The van der Waals surface area contributed by atoms with Crippen molar-refractivity contribution in [2.75, 3.05) is 18.0 Å². The van der Waals surface area contributed by atoms with E-state index in [0.29, 0.717) is 29.5 Å². The number of nitrogens with zero attached hydrogens (tertiary/aromatic N) is 5. The first kappa shape index (κ1) is 16.8. The highest BCUT2D eigenvalue weighted by Gasteiger charge is 2.25. The van der Waals surface area contributed by atoms with Crippen molar-refractivity contribution in [2.24, 2.45) is 25.9 Å². The largest absolute Gasteiger partial charge is 0.342 e. The van der Waals surface area contributed by atoms with Gasteiger partial charge in [-0.15, -0.1) is 0 Å². The van der Waals surface area contributed by atoms with E-state index in [2.05, 4.69) is 25.7 Å². The molecule has 1 aliphatic heterocycles. The number of fused-ring (bicyclic) bond motifs is 1. The molecule has 0 amide bonds. The summed E-state index contributed by atoms with van der Waals surface area (Å²) in [5, 5.41) is 0. The Bertz CT molecular complexity index is 874. The topological polar surface area (TPSA) is 65.1 Å². The van der Waals surface area contributed by atoms with Crippen LogP contribution in [0.3, 0.4) is 0 Å². The van der Waals surface area contributed by atoms with Crippen molar-refractivity contribution in [2.45, 2.75) is 40.2 Å². The van der Waals surface area contributed by atoms with E-state index in [1.807, 2.05) is 4.57 Å². The van der Waals surface area contributed by atoms with Crippen LogP contribution in [0.5, 0.6) is 0 Å². The number of aryl methyl sites for hydroxylation is 1. The molecule has 1 atom stereocenters. The summed E-state index contributed by atoms with van der Waals surface area (Å²) in [6.45, 7) is 9.10. The first-order valence-electron chi connectivity index (χ1n) is 8.72. The van der Waals surface area contributed by atoms with Crippen LogP contribution in [0.4, 0.5) is 5.95 Å². The lowest BCUT2D eigenvalue weighted by Gasteiger charge is -2.32. The van der Waals surface area contributed by atoms with E-state index in [9.17, 15) is 9.59 Å². The SMILES string of the molecule is CC(C)Cn1c(N2CCC[C@H](C)C2)nc2c1c(=O)n(C)c(=O)n2C. The number of anilines is 1. The van der Waals surface area contributed by atoms with Crippen molar-refractivity contribution in [1.29, 1.82) is 0 Å². The highest BCUT2D eigenvalue weighted by atomic mass is 16.2. The Hall–Kier alpha value is -2.05. The van der Waals surface area contributed by atoms with Crippen LogP contribution >= 0.6 is 0 Å². The number of hydrogen-bond donors (Lipinski definition) is 0. The summed E-state index contributed by atoms with van der Waals surface area (Å²) < 4.78 is 4.66. The van der Waals surface area contributed by atoms with Crippen molar-refractivity contribution in [3.05, 3.63) is 20.8 Å². The summed E-state index contributed by atoms with van der Waals surface area (Å²) in [6, 6.07) is 0. The monoisotopic (exact) mass is 333 g/mol. The van der Waals surface area contributed by atoms with Crippen LogP contribution in [-0.2, 0) is 20.6 Å². The van der Waals surface area contributed by atoms with Gasteiger partial charge in [-0.2, -0.15) is 4.98 Å². The third-order valence-electron chi connectivity index (χ3n) is 4.82. The maximum Gasteiger partial charge on any atom is 0.332 e. The Morgan fingerprint density at radius 1 is 1.21 bits per heavy atom. The fourth-order valence-electron chi connectivity index (χ4n) is 3.59. The molecule has 0 saturated carbocycles.